The van der Waals surface area contributed by atoms with Crippen LogP contribution in [0.25, 0.3) is 66.4 Å². The molecule has 1 nitrogen and oxygen atoms in total. The van der Waals surface area contributed by atoms with Crippen LogP contribution >= 0.6 is 0 Å². The van der Waals surface area contributed by atoms with Crippen LogP contribution in [0.4, 0.5) is 17.1 Å². The van der Waals surface area contributed by atoms with E-state index in [9.17, 15) is 0 Å². The van der Waals surface area contributed by atoms with E-state index in [0.717, 1.165) is 17.1 Å². The second-order valence-corrected chi connectivity index (χ2v) is 17.2. The molecule has 0 amide bonds. The molecule has 0 unspecified atom stereocenters. The number of hydrogen-bond acceptors (Lipinski definition) is 1. The molecular weight excluding hydrogens is 795 g/mol. The molecule has 0 spiro atoms. The van der Waals surface area contributed by atoms with Crippen molar-refractivity contribution in [1.82, 2.24) is 0 Å². The number of hydrogen-bond donors (Lipinski definition) is 0. The molecule has 0 N–H and O–H groups in total. The van der Waals surface area contributed by atoms with Gasteiger partial charge in [-0.3, -0.25) is 0 Å². The molecule has 0 heterocycles. The van der Waals surface area contributed by atoms with Gasteiger partial charge in [0, 0.05) is 16.9 Å². The molecule has 0 fully saturated rings. The SMILES string of the molecule is c1ccc(-c2ccccc2-c2ccc(N(c3ccc(-c4ccc(-c5cccc6ccccc56)cc4)cc3)c3cccc4c3-c3ccccc3C4(c3ccccc3)c3ccccc3)cc2)cc1. The minimum absolute atomic E-state index is 0.511. The highest BCUT2D eigenvalue weighted by Crippen LogP contribution is 2.59. The Balaban J connectivity index is 1.01. The molecular formula is C65H45N. The lowest BCUT2D eigenvalue weighted by atomic mass is 9.68. The summed E-state index contributed by atoms with van der Waals surface area (Å²) < 4.78 is 0. The van der Waals surface area contributed by atoms with Crippen LogP contribution < -0.4 is 4.90 Å². The first-order chi connectivity index (χ1) is 32.8. The van der Waals surface area contributed by atoms with E-state index in [1.807, 2.05) is 0 Å². The zero-order chi connectivity index (χ0) is 43.9. The third-order valence-corrected chi connectivity index (χ3v) is 13.6. The van der Waals surface area contributed by atoms with Crippen molar-refractivity contribution in [1.29, 1.82) is 0 Å². The Morgan fingerprint density at radius 1 is 0.258 bits per heavy atom. The molecule has 0 saturated carbocycles. The van der Waals surface area contributed by atoms with E-state index in [0.29, 0.717) is 0 Å². The summed E-state index contributed by atoms with van der Waals surface area (Å²) in [6.07, 6.45) is 0. The number of rotatable bonds is 9. The zero-order valence-corrected chi connectivity index (χ0v) is 36.4. The van der Waals surface area contributed by atoms with Crippen molar-refractivity contribution < 1.29 is 0 Å². The first-order valence-electron chi connectivity index (χ1n) is 22.8. The van der Waals surface area contributed by atoms with Crippen LogP contribution in [0.3, 0.4) is 0 Å². The van der Waals surface area contributed by atoms with Gasteiger partial charge < -0.3 is 4.90 Å². The number of nitrogens with zero attached hydrogens (tertiary/aromatic N) is 1. The van der Waals surface area contributed by atoms with Gasteiger partial charge in [0.1, 0.15) is 0 Å². The number of anilines is 3. The van der Waals surface area contributed by atoms with Crippen molar-refractivity contribution in [3.8, 4) is 55.6 Å². The molecule has 1 aliphatic rings. The van der Waals surface area contributed by atoms with Crippen molar-refractivity contribution in [2.45, 2.75) is 5.41 Å². The number of fused-ring (bicyclic) bond motifs is 4. The summed E-state index contributed by atoms with van der Waals surface area (Å²) in [5.41, 5.74) is 20.0. The van der Waals surface area contributed by atoms with Gasteiger partial charge in [0.25, 0.3) is 0 Å². The van der Waals surface area contributed by atoms with E-state index in [2.05, 4.69) is 278 Å². The van der Waals surface area contributed by atoms with Gasteiger partial charge in [0.2, 0.25) is 0 Å². The van der Waals surface area contributed by atoms with E-state index >= 15 is 0 Å². The Bertz CT molecular complexity index is 3440. The summed E-state index contributed by atoms with van der Waals surface area (Å²) >= 11 is 0. The van der Waals surface area contributed by atoms with Gasteiger partial charge in [-0.2, -0.15) is 0 Å². The van der Waals surface area contributed by atoms with Crippen LogP contribution in [0.15, 0.2) is 273 Å². The fourth-order valence-electron chi connectivity index (χ4n) is 10.6. The predicted molar refractivity (Wildman–Crippen MR) is 278 cm³/mol. The minimum atomic E-state index is -0.511. The van der Waals surface area contributed by atoms with Crippen LogP contribution in [0, 0.1) is 0 Å². The smallest absolute Gasteiger partial charge is 0.0714 e. The van der Waals surface area contributed by atoms with Crippen LogP contribution in [0.1, 0.15) is 22.3 Å². The van der Waals surface area contributed by atoms with Gasteiger partial charge in [-0.1, -0.05) is 243 Å². The Labute approximate surface area is 387 Å². The Hall–Kier alpha value is -8.52. The third kappa shape index (κ3) is 6.56. The van der Waals surface area contributed by atoms with Crippen molar-refractivity contribution in [2.75, 3.05) is 4.90 Å². The van der Waals surface area contributed by atoms with Crippen LogP contribution in [0.2, 0.25) is 0 Å². The molecule has 66 heavy (non-hydrogen) atoms. The molecule has 1 heteroatoms. The van der Waals surface area contributed by atoms with Gasteiger partial charge in [-0.05, 0) is 113 Å². The van der Waals surface area contributed by atoms with Gasteiger partial charge in [0.15, 0.2) is 0 Å². The van der Waals surface area contributed by atoms with Crippen LogP contribution in [0.5, 0.6) is 0 Å². The normalized spacial score (nSPS) is 12.4. The monoisotopic (exact) mass is 839 g/mol. The average Bonchev–Trinajstić information content (AvgIpc) is 3.71. The first-order valence-corrected chi connectivity index (χ1v) is 22.8. The predicted octanol–water partition coefficient (Wildman–Crippen LogP) is 17.3. The fourth-order valence-corrected chi connectivity index (χ4v) is 10.6. The number of benzene rings is 11. The molecule has 0 aromatic heterocycles. The van der Waals surface area contributed by atoms with Crippen molar-refractivity contribution in [3.63, 3.8) is 0 Å². The minimum Gasteiger partial charge on any atom is -0.310 e. The van der Waals surface area contributed by atoms with E-state index in [1.165, 1.54) is 88.7 Å². The van der Waals surface area contributed by atoms with Gasteiger partial charge in [-0.25, -0.2) is 0 Å². The maximum atomic E-state index is 2.46. The molecule has 11 aromatic rings. The van der Waals surface area contributed by atoms with Crippen molar-refractivity contribution in [3.05, 3.63) is 295 Å². The largest absolute Gasteiger partial charge is 0.310 e. The van der Waals surface area contributed by atoms with Crippen LogP contribution in [-0.4, -0.2) is 0 Å². The molecule has 0 aliphatic heterocycles. The third-order valence-electron chi connectivity index (χ3n) is 13.6. The molecule has 12 rings (SSSR count). The maximum absolute atomic E-state index is 2.46. The van der Waals surface area contributed by atoms with E-state index in [4.69, 9.17) is 0 Å². The Morgan fingerprint density at radius 3 is 1.30 bits per heavy atom. The van der Waals surface area contributed by atoms with Gasteiger partial charge in [-0.15, -0.1) is 0 Å². The molecule has 0 saturated heterocycles. The summed E-state index contributed by atoms with van der Waals surface area (Å²) in [7, 11) is 0. The second-order valence-electron chi connectivity index (χ2n) is 17.2. The highest BCUT2D eigenvalue weighted by Gasteiger charge is 2.47. The average molecular weight is 840 g/mol. The van der Waals surface area contributed by atoms with Crippen LogP contribution in [-0.2, 0) is 5.41 Å². The van der Waals surface area contributed by atoms with Gasteiger partial charge in [0.05, 0.1) is 11.1 Å². The molecule has 1 aliphatic carbocycles. The lowest BCUT2D eigenvalue weighted by Crippen LogP contribution is -2.28. The zero-order valence-electron chi connectivity index (χ0n) is 36.4. The Kier molecular flexibility index (Phi) is 9.81. The summed E-state index contributed by atoms with van der Waals surface area (Å²) in [6, 6.07) is 99.9. The first kappa shape index (κ1) is 39.1. The second kappa shape index (κ2) is 16.6. The van der Waals surface area contributed by atoms with E-state index in [-0.39, 0.29) is 0 Å². The standard InChI is InChI=1S/C65H45N/c1-4-18-48(19-5-1)56-27-12-13-28-58(56)51-40-44-55(45-41-51)66(54-42-38-47(39-43-54)46-34-36-50(37-35-46)59-30-16-21-49-20-10-11-26-57(49)59)63-33-17-32-62-64(63)60-29-14-15-31-61(60)65(62,52-22-6-2-7-23-52)53-24-8-3-9-25-53/h1-45H. The molecule has 0 radical (unpaired) electrons. The van der Waals surface area contributed by atoms with E-state index < -0.39 is 5.41 Å². The molecule has 310 valence electrons. The van der Waals surface area contributed by atoms with Crippen molar-refractivity contribution >= 4 is 27.8 Å². The fraction of sp³-hybridized carbons (Fsp3) is 0.0154. The topological polar surface area (TPSA) is 3.24 Å². The molecule has 0 atom stereocenters. The Morgan fingerprint density at radius 2 is 0.667 bits per heavy atom. The highest BCUT2D eigenvalue weighted by atomic mass is 15.1. The quantitative estimate of drug-likeness (QED) is 0.140. The van der Waals surface area contributed by atoms with Gasteiger partial charge >= 0.3 is 0 Å². The summed E-state index contributed by atoms with van der Waals surface area (Å²) in [4.78, 5) is 2.46. The lowest BCUT2D eigenvalue weighted by Gasteiger charge is -2.34. The molecule has 0 bridgehead atoms. The lowest BCUT2D eigenvalue weighted by molar-refractivity contribution is 0.768. The summed E-state index contributed by atoms with van der Waals surface area (Å²) in [6.45, 7) is 0. The van der Waals surface area contributed by atoms with E-state index in [1.54, 1.807) is 0 Å². The summed E-state index contributed by atoms with van der Waals surface area (Å²) in [5, 5.41) is 2.52. The molecule has 11 aromatic carbocycles. The summed E-state index contributed by atoms with van der Waals surface area (Å²) in [5.74, 6) is 0. The highest BCUT2D eigenvalue weighted by molar-refractivity contribution is 5.99. The maximum Gasteiger partial charge on any atom is 0.0714 e. The van der Waals surface area contributed by atoms with Crippen molar-refractivity contribution in [2.24, 2.45) is 0 Å².